The van der Waals surface area contributed by atoms with Crippen LogP contribution in [0.15, 0.2) is 59.7 Å². The maximum absolute atomic E-state index is 13.2. The molecular weight excluding hydrogens is 369 g/mol. The molecule has 4 rings (SSSR count). The van der Waals surface area contributed by atoms with Crippen LogP contribution < -0.4 is 15.6 Å². The van der Waals surface area contributed by atoms with Crippen molar-refractivity contribution in [2.75, 3.05) is 28.7 Å². The minimum Gasteiger partial charge on any atom is -0.341 e. The molecule has 1 fully saturated rings. The van der Waals surface area contributed by atoms with Crippen LogP contribution in [-0.4, -0.2) is 34.3 Å². The summed E-state index contributed by atoms with van der Waals surface area (Å²) in [5.41, 5.74) is 4.55. The van der Waals surface area contributed by atoms with E-state index in [1.807, 2.05) is 30.3 Å². The zero-order valence-corrected chi connectivity index (χ0v) is 15.9. The lowest BCUT2D eigenvalue weighted by atomic mass is 10.1. The Morgan fingerprint density at radius 1 is 0.862 bits per heavy atom. The van der Waals surface area contributed by atoms with Gasteiger partial charge in [-0.25, -0.2) is 9.82 Å². The third-order valence-electron chi connectivity index (χ3n) is 4.54. The quantitative estimate of drug-likeness (QED) is 0.485. The normalized spacial score (nSPS) is 14.2. The van der Waals surface area contributed by atoms with E-state index in [0.29, 0.717) is 23.5 Å². The summed E-state index contributed by atoms with van der Waals surface area (Å²) < 4.78 is 13.2. The smallest absolute Gasteiger partial charge is 0.250 e. The number of nitrogens with one attached hydrogen (secondary N) is 2. The standard InChI is InChI=1S/C21H22FN7/c22-17-9-11-18(12-10-17)24-19-25-20(28-23-15-16-7-3-1-4-8-16)27-21(26-19)29-13-5-2-6-14-29/h1,3-4,7-12,15H,2,5-6,13-14H2,(H2,24,25,26,27,28)/b23-15-. The number of rotatable bonds is 6. The van der Waals surface area contributed by atoms with Crippen LogP contribution in [0, 0.1) is 5.82 Å². The van der Waals surface area contributed by atoms with Gasteiger partial charge in [-0.1, -0.05) is 30.3 Å². The van der Waals surface area contributed by atoms with Gasteiger partial charge in [0.25, 0.3) is 0 Å². The number of hydrogen-bond acceptors (Lipinski definition) is 7. The van der Waals surface area contributed by atoms with Gasteiger partial charge < -0.3 is 10.2 Å². The second kappa shape index (κ2) is 9.09. The van der Waals surface area contributed by atoms with Crippen molar-refractivity contribution < 1.29 is 4.39 Å². The summed E-state index contributed by atoms with van der Waals surface area (Å²) in [6.45, 7) is 1.82. The predicted molar refractivity (Wildman–Crippen MR) is 113 cm³/mol. The fraction of sp³-hybridized carbons (Fsp3) is 0.238. The molecular formula is C21H22FN7. The number of halogens is 1. The van der Waals surface area contributed by atoms with Crippen molar-refractivity contribution in [3.63, 3.8) is 0 Å². The van der Waals surface area contributed by atoms with Crippen molar-refractivity contribution in [1.82, 2.24) is 15.0 Å². The summed E-state index contributed by atoms with van der Waals surface area (Å²) in [6.07, 6.45) is 5.15. The third-order valence-corrected chi connectivity index (χ3v) is 4.54. The van der Waals surface area contributed by atoms with Crippen molar-refractivity contribution in [2.45, 2.75) is 19.3 Å². The molecule has 1 aliphatic rings. The first kappa shape index (κ1) is 18.8. The van der Waals surface area contributed by atoms with Crippen LogP contribution in [0.5, 0.6) is 0 Å². The highest BCUT2D eigenvalue weighted by atomic mass is 19.1. The molecule has 0 saturated carbocycles. The first-order chi connectivity index (χ1) is 14.3. The van der Waals surface area contributed by atoms with E-state index in [-0.39, 0.29) is 5.82 Å². The first-order valence-corrected chi connectivity index (χ1v) is 9.64. The van der Waals surface area contributed by atoms with Crippen molar-refractivity contribution in [3.05, 3.63) is 66.0 Å². The molecule has 0 aliphatic carbocycles. The van der Waals surface area contributed by atoms with Gasteiger partial charge in [-0.05, 0) is 49.1 Å². The topological polar surface area (TPSA) is 78.3 Å². The van der Waals surface area contributed by atoms with Gasteiger partial charge in [-0.2, -0.15) is 20.1 Å². The van der Waals surface area contributed by atoms with Crippen molar-refractivity contribution in [3.8, 4) is 0 Å². The summed E-state index contributed by atoms with van der Waals surface area (Å²) in [5.74, 6) is 1.03. The Kier molecular flexibility index (Phi) is 5.89. The van der Waals surface area contributed by atoms with E-state index in [2.05, 4.69) is 35.7 Å². The molecule has 2 aromatic carbocycles. The molecule has 3 aromatic rings. The summed E-state index contributed by atoms with van der Waals surface area (Å²) in [5, 5.41) is 7.35. The zero-order valence-electron chi connectivity index (χ0n) is 15.9. The Bertz CT molecular complexity index is 955. The van der Waals surface area contributed by atoms with Crippen LogP contribution >= 0.6 is 0 Å². The summed E-state index contributed by atoms with van der Waals surface area (Å²) in [6, 6.07) is 15.8. The number of aromatic nitrogens is 3. The molecule has 0 atom stereocenters. The number of benzene rings is 2. The highest BCUT2D eigenvalue weighted by Gasteiger charge is 2.16. The third kappa shape index (κ3) is 5.25. The summed E-state index contributed by atoms with van der Waals surface area (Å²) in [7, 11) is 0. The van der Waals surface area contributed by atoms with E-state index < -0.39 is 0 Å². The SMILES string of the molecule is Fc1ccc(Nc2nc(N/N=C\c3ccccc3)nc(N3CCCCC3)n2)cc1. The average molecular weight is 391 g/mol. The monoisotopic (exact) mass is 391 g/mol. The Balaban J connectivity index is 1.56. The maximum Gasteiger partial charge on any atom is 0.250 e. The molecule has 1 aromatic heterocycles. The fourth-order valence-corrected chi connectivity index (χ4v) is 3.07. The second-order valence-corrected chi connectivity index (χ2v) is 6.74. The predicted octanol–water partition coefficient (Wildman–Crippen LogP) is 4.19. The molecule has 0 spiro atoms. The molecule has 0 bridgehead atoms. The zero-order chi connectivity index (χ0) is 19.9. The van der Waals surface area contributed by atoms with Gasteiger partial charge in [0, 0.05) is 18.8 Å². The van der Waals surface area contributed by atoms with Crippen molar-refractivity contribution in [2.24, 2.45) is 5.10 Å². The van der Waals surface area contributed by atoms with Gasteiger partial charge in [0.1, 0.15) is 5.82 Å². The second-order valence-electron chi connectivity index (χ2n) is 6.74. The average Bonchev–Trinajstić information content (AvgIpc) is 2.77. The van der Waals surface area contributed by atoms with E-state index in [4.69, 9.17) is 0 Å². The lowest BCUT2D eigenvalue weighted by Crippen LogP contribution is -2.31. The Hall–Kier alpha value is -3.55. The van der Waals surface area contributed by atoms with Crippen LogP contribution in [-0.2, 0) is 0 Å². The van der Waals surface area contributed by atoms with Crippen molar-refractivity contribution >= 4 is 29.7 Å². The van der Waals surface area contributed by atoms with Gasteiger partial charge in [-0.3, -0.25) is 0 Å². The van der Waals surface area contributed by atoms with Gasteiger partial charge in [-0.15, -0.1) is 0 Å². The highest BCUT2D eigenvalue weighted by Crippen LogP contribution is 2.21. The minimum atomic E-state index is -0.294. The number of anilines is 4. The van der Waals surface area contributed by atoms with E-state index >= 15 is 0 Å². The van der Waals surface area contributed by atoms with E-state index in [0.717, 1.165) is 31.5 Å². The molecule has 0 unspecified atom stereocenters. The van der Waals surface area contributed by atoms with Gasteiger partial charge in [0.05, 0.1) is 6.21 Å². The van der Waals surface area contributed by atoms with Crippen LogP contribution in [0.25, 0.3) is 0 Å². The van der Waals surface area contributed by atoms with Crippen LogP contribution in [0.1, 0.15) is 24.8 Å². The molecule has 7 nitrogen and oxygen atoms in total. The number of hydrazone groups is 1. The first-order valence-electron chi connectivity index (χ1n) is 9.64. The maximum atomic E-state index is 13.2. The molecule has 0 radical (unpaired) electrons. The van der Waals surface area contributed by atoms with Crippen LogP contribution in [0.4, 0.5) is 27.9 Å². The molecule has 2 N–H and O–H groups in total. The summed E-state index contributed by atoms with van der Waals surface area (Å²) in [4.78, 5) is 15.6. The van der Waals surface area contributed by atoms with Crippen molar-refractivity contribution in [1.29, 1.82) is 0 Å². The highest BCUT2D eigenvalue weighted by molar-refractivity contribution is 5.79. The number of hydrogen-bond donors (Lipinski definition) is 2. The summed E-state index contributed by atoms with van der Waals surface area (Å²) >= 11 is 0. The van der Waals surface area contributed by atoms with Crippen LogP contribution in [0.3, 0.4) is 0 Å². The molecule has 2 heterocycles. The van der Waals surface area contributed by atoms with Gasteiger partial charge in [0.15, 0.2) is 0 Å². The molecule has 148 valence electrons. The largest absolute Gasteiger partial charge is 0.341 e. The number of piperidine rings is 1. The number of nitrogens with zero attached hydrogens (tertiary/aromatic N) is 5. The minimum absolute atomic E-state index is 0.294. The lowest BCUT2D eigenvalue weighted by Gasteiger charge is -2.26. The molecule has 29 heavy (non-hydrogen) atoms. The van der Waals surface area contributed by atoms with Gasteiger partial charge >= 0.3 is 0 Å². The molecule has 8 heteroatoms. The molecule has 1 saturated heterocycles. The Morgan fingerprint density at radius 3 is 2.34 bits per heavy atom. The molecule has 1 aliphatic heterocycles. The van der Waals surface area contributed by atoms with E-state index in [9.17, 15) is 4.39 Å². The lowest BCUT2D eigenvalue weighted by molar-refractivity contribution is 0.568. The van der Waals surface area contributed by atoms with E-state index in [1.165, 1.54) is 18.6 Å². The van der Waals surface area contributed by atoms with Crippen LogP contribution in [0.2, 0.25) is 0 Å². The Labute approximate surface area is 168 Å². The Morgan fingerprint density at radius 2 is 1.59 bits per heavy atom. The fourth-order valence-electron chi connectivity index (χ4n) is 3.07. The van der Waals surface area contributed by atoms with E-state index in [1.54, 1.807) is 18.3 Å². The molecule has 0 amide bonds. The van der Waals surface area contributed by atoms with Gasteiger partial charge in [0.2, 0.25) is 17.8 Å².